The van der Waals surface area contributed by atoms with E-state index in [0.717, 1.165) is 22.3 Å². The highest BCUT2D eigenvalue weighted by molar-refractivity contribution is 5.92. The SMILES string of the molecule is O=C(O)c1ccc(-c2ccc(C(=O)O)c(CCCCO)c2CCCCO)cc1. The van der Waals surface area contributed by atoms with Crippen LogP contribution in [0.4, 0.5) is 0 Å². The van der Waals surface area contributed by atoms with Gasteiger partial charge in [0, 0.05) is 13.2 Å². The van der Waals surface area contributed by atoms with Gasteiger partial charge in [0.2, 0.25) is 0 Å². The van der Waals surface area contributed by atoms with Crippen molar-refractivity contribution in [3.63, 3.8) is 0 Å². The zero-order chi connectivity index (χ0) is 20.5. The Bertz CT molecular complexity index is 811. The third kappa shape index (κ3) is 5.41. The first-order valence-corrected chi connectivity index (χ1v) is 9.43. The van der Waals surface area contributed by atoms with Gasteiger partial charge in [0.1, 0.15) is 0 Å². The lowest BCUT2D eigenvalue weighted by Crippen LogP contribution is -2.09. The average Bonchev–Trinajstić information content (AvgIpc) is 2.68. The maximum atomic E-state index is 11.7. The molecular weight excluding hydrogens is 360 g/mol. The summed E-state index contributed by atoms with van der Waals surface area (Å²) in [5.41, 5.74) is 3.80. The molecule has 2 aromatic carbocycles. The van der Waals surface area contributed by atoms with Crippen LogP contribution in [0.5, 0.6) is 0 Å². The van der Waals surface area contributed by atoms with Crippen molar-refractivity contribution in [3.8, 4) is 11.1 Å². The summed E-state index contributed by atoms with van der Waals surface area (Å²) in [7, 11) is 0. The predicted molar refractivity (Wildman–Crippen MR) is 106 cm³/mol. The molecule has 0 aliphatic heterocycles. The maximum Gasteiger partial charge on any atom is 0.335 e. The average molecular weight is 386 g/mol. The molecule has 0 aliphatic rings. The Labute approximate surface area is 164 Å². The maximum absolute atomic E-state index is 11.7. The fraction of sp³-hybridized carbons (Fsp3) is 0.364. The fourth-order valence-corrected chi connectivity index (χ4v) is 3.35. The van der Waals surface area contributed by atoms with Gasteiger partial charge in [-0.25, -0.2) is 9.59 Å². The Morgan fingerprint density at radius 2 is 1.25 bits per heavy atom. The lowest BCUT2D eigenvalue weighted by molar-refractivity contribution is 0.0685. The van der Waals surface area contributed by atoms with Gasteiger partial charge in [-0.15, -0.1) is 0 Å². The van der Waals surface area contributed by atoms with Crippen LogP contribution in [-0.2, 0) is 12.8 Å². The number of benzene rings is 2. The van der Waals surface area contributed by atoms with Crippen LogP contribution in [0.15, 0.2) is 36.4 Å². The Hall–Kier alpha value is -2.70. The van der Waals surface area contributed by atoms with Gasteiger partial charge in [0.05, 0.1) is 11.1 Å². The topological polar surface area (TPSA) is 115 Å². The molecule has 0 bridgehead atoms. The van der Waals surface area contributed by atoms with Gasteiger partial charge in [-0.3, -0.25) is 0 Å². The lowest BCUT2D eigenvalue weighted by Gasteiger charge is -2.18. The molecule has 0 unspecified atom stereocenters. The van der Waals surface area contributed by atoms with Gasteiger partial charge in [-0.2, -0.15) is 0 Å². The fourth-order valence-electron chi connectivity index (χ4n) is 3.35. The number of unbranched alkanes of at least 4 members (excludes halogenated alkanes) is 2. The van der Waals surface area contributed by atoms with Crippen LogP contribution in [0.25, 0.3) is 11.1 Å². The van der Waals surface area contributed by atoms with Crippen LogP contribution in [0, 0.1) is 0 Å². The normalized spacial score (nSPS) is 10.8. The Balaban J connectivity index is 2.54. The Morgan fingerprint density at radius 3 is 1.75 bits per heavy atom. The van der Waals surface area contributed by atoms with Crippen molar-refractivity contribution in [3.05, 3.63) is 58.7 Å². The summed E-state index contributed by atoms with van der Waals surface area (Å²) >= 11 is 0. The summed E-state index contributed by atoms with van der Waals surface area (Å²) in [4.78, 5) is 22.9. The largest absolute Gasteiger partial charge is 0.478 e. The molecule has 0 amide bonds. The molecule has 150 valence electrons. The summed E-state index contributed by atoms with van der Waals surface area (Å²) in [5.74, 6) is -1.99. The van der Waals surface area contributed by atoms with E-state index in [-0.39, 0.29) is 24.3 Å². The number of aromatic carboxylic acids is 2. The molecule has 0 aromatic heterocycles. The molecule has 28 heavy (non-hydrogen) atoms. The first-order chi connectivity index (χ1) is 13.5. The van der Waals surface area contributed by atoms with Crippen molar-refractivity contribution < 1.29 is 30.0 Å². The van der Waals surface area contributed by atoms with Crippen LogP contribution in [0.3, 0.4) is 0 Å². The second kappa shape index (κ2) is 10.6. The lowest BCUT2D eigenvalue weighted by atomic mass is 9.86. The highest BCUT2D eigenvalue weighted by atomic mass is 16.4. The second-order valence-corrected chi connectivity index (χ2v) is 6.67. The number of aliphatic hydroxyl groups is 2. The number of rotatable bonds is 11. The molecule has 6 heteroatoms. The van der Waals surface area contributed by atoms with Crippen molar-refractivity contribution in [1.82, 2.24) is 0 Å². The van der Waals surface area contributed by atoms with Gasteiger partial charge >= 0.3 is 11.9 Å². The quantitative estimate of drug-likeness (QED) is 0.440. The number of hydrogen-bond acceptors (Lipinski definition) is 4. The van der Waals surface area contributed by atoms with Crippen molar-refractivity contribution in [2.24, 2.45) is 0 Å². The number of aliphatic hydroxyl groups excluding tert-OH is 2. The first kappa shape index (κ1) is 21.6. The van der Waals surface area contributed by atoms with Gasteiger partial charge in [0.15, 0.2) is 0 Å². The molecule has 0 radical (unpaired) electrons. The number of carboxylic acid groups (broad SMARTS) is 2. The van der Waals surface area contributed by atoms with E-state index in [2.05, 4.69) is 0 Å². The molecule has 0 aliphatic carbocycles. The van der Waals surface area contributed by atoms with Crippen LogP contribution in [0.2, 0.25) is 0 Å². The Morgan fingerprint density at radius 1 is 0.679 bits per heavy atom. The molecule has 0 fully saturated rings. The van der Waals surface area contributed by atoms with Gasteiger partial charge < -0.3 is 20.4 Å². The van der Waals surface area contributed by atoms with E-state index in [9.17, 15) is 14.7 Å². The third-order valence-corrected chi connectivity index (χ3v) is 4.77. The minimum absolute atomic E-state index is 0.0542. The van der Waals surface area contributed by atoms with E-state index in [1.165, 1.54) is 12.1 Å². The number of carboxylic acids is 2. The Kier molecular flexibility index (Phi) is 8.17. The van der Waals surface area contributed by atoms with Crippen molar-refractivity contribution >= 4 is 11.9 Å². The van der Waals surface area contributed by atoms with Gasteiger partial charge in [-0.05, 0) is 79.0 Å². The molecule has 0 saturated carbocycles. The summed E-state index contributed by atoms with van der Waals surface area (Å²) in [6.45, 7) is 0.125. The minimum atomic E-state index is -0.999. The summed E-state index contributed by atoms with van der Waals surface area (Å²) in [5, 5.41) is 36.9. The molecule has 2 aromatic rings. The highest BCUT2D eigenvalue weighted by Gasteiger charge is 2.18. The molecule has 6 nitrogen and oxygen atoms in total. The molecule has 0 atom stereocenters. The van der Waals surface area contributed by atoms with Crippen LogP contribution in [0.1, 0.15) is 57.5 Å². The van der Waals surface area contributed by atoms with E-state index in [0.29, 0.717) is 38.5 Å². The van der Waals surface area contributed by atoms with E-state index < -0.39 is 11.9 Å². The summed E-state index contributed by atoms with van der Waals surface area (Å²) in [6.07, 6.45) is 3.75. The van der Waals surface area contributed by atoms with E-state index >= 15 is 0 Å². The molecule has 0 heterocycles. The smallest absolute Gasteiger partial charge is 0.335 e. The predicted octanol–water partition coefficient (Wildman–Crippen LogP) is 3.38. The minimum Gasteiger partial charge on any atom is -0.478 e. The van der Waals surface area contributed by atoms with Gasteiger partial charge in [-0.1, -0.05) is 18.2 Å². The van der Waals surface area contributed by atoms with E-state index in [4.69, 9.17) is 15.3 Å². The van der Waals surface area contributed by atoms with Crippen molar-refractivity contribution in [1.29, 1.82) is 0 Å². The van der Waals surface area contributed by atoms with Crippen molar-refractivity contribution in [2.45, 2.75) is 38.5 Å². The number of carbonyl (C=O) groups is 2. The summed E-state index contributed by atoms with van der Waals surface area (Å²) in [6, 6.07) is 9.88. The second-order valence-electron chi connectivity index (χ2n) is 6.67. The third-order valence-electron chi connectivity index (χ3n) is 4.77. The van der Waals surface area contributed by atoms with Crippen molar-refractivity contribution in [2.75, 3.05) is 13.2 Å². The molecule has 0 saturated heterocycles. The van der Waals surface area contributed by atoms with Crippen LogP contribution >= 0.6 is 0 Å². The molecule has 0 spiro atoms. The monoisotopic (exact) mass is 386 g/mol. The number of hydrogen-bond donors (Lipinski definition) is 4. The van der Waals surface area contributed by atoms with E-state index in [1.54, 1.807) is 24.3 Å². The molecule has 2 rings (SSSR count). The summed E-state index contributed by atoms with van der Waals surface area (Å²) < 4.78 is 0. The zero-order valence-electron chi connectivity index (χ0n) is 15.7. The standard InChI is InChI=1S/C22H26O6/c23-13-3-1-5-18-17(15-7-9-16(10-8-15)21(25)26)11-12-20(22(27)28)19(18)6-2-4-14-24/h7-12,23-24H,1-6,13-14H2,(H,25,26)(H,27,28). The molecular formula is C22H26O6. The van der Waals surface area contributed by atoms with Crippen LogP contribution in [-0.4, -0.2) is 45.6 Å². The zero-order valence-corrected chi connectivity index (χ0v) is 15.7. The first-order valence-electron chi connectivity index (χ1n) is 9.43. The van der Waals surface area contributed by atoms with Crippen LogP contribution < -0.4 is 0 Å². The molecule has 4 N–H and O–H groups in total. The highest BCUT2D eigenvalue weighted by Crippen LogP contribution is 2.31. The van der Waals surface area contributed by atoms with Gasteiger partial charge in [0.25, 0.3) is 0 Å². The van der Waals surface area contributed by atoms with E-state index in [1.807, 2.05) is 0 Å².